The first-order chi connectivity index (χ1) is 8.18. The molecule has 0 aromatic heterocycles. The van der Waals surface area contributed by atoms with Crippen molar-refractivity contribution < 1.29 is 19.4 Å². The Labute approximate surface area is 99.4 Å². The van der Waals surface area contributed by atoms with Crippen molar-refractivity contribution in [3.63, 3.8) is 0 Å². The molecule has 0 saturated carbocycles. The second-order valence-electron chi connectivity index (χ2n) is 3.43. The lowest BCUT2D eigenvalue weighted by Gasteiger charge is -2.07. The number of para-hydroxylation sites is 1. The van der Waals surface area contributed by atoms with Gasteiger partial charge in [-0.15, -0.1) is 0 Å². The Morgan fingerprint density at radius 1 is 1.24 bits per heavy atom. The average molecular weight is 236 g/mol. The van der Waals surface area contributed by atoms with Crippen LogP contribution in [0.4, 0.5) is 0 Å². The molecule has 1 aromatic rings. The maximum absolute atomic E-state index is 11.3. The molecular weight excluding hydrogens is 222 g/mol. The van der Waals surface area contributed by atoms with E-state index in [1.54, 1.807) is 12.1 Å². The summed E-state index contributed by atoms with van der Waals surface area (Å²) in [7, 11) is 0. The zero-order valence-electron chi connectivity index (χ0n) is 9.35. The molecule has 1 N–H and O–H groups in total. The number of carbonyl (C=O) groups is 2. The standard InChI is InChI=1S/C12H15NO4/c14-11(13-8-4-7-12(15)16)9-17-10-5-2-1-3-6-10/h1-3,5-6H,4,7-9H2,(H,13,14)(H,15,16)/p-1. The lowest BCUT2D eigenvalue weighted by Crippen LogP contribution is -2.31. The Morgan fingerprint density at radius 3 is 2.59 bits per heavy atom. The normalized spacial score (nSPS) is 9.65. The van der Waals surface area contributed by atoms with E-state index in [9.17, 15) is 14.7 Å². The quantitative estimate of drug-likeness (QED) is 0.660. The Balaban J connectivity index is 2.11. The number of ether oxygens (including phenoxy) is 1. The van der Waals surface area contributed by atoms with Crippen molar-refractivity contribution in [2.24, 2.45) is 0 Å². The van der Waals surface area contributed by atoms with Crippen LogP contribution in [0.1, 0.15) is 12.8 Å². The van der Waals surface area contributed by atoms with Crippen LogP contribution in [-0.2, 0) is 9.59 Å². The van der Waals surface area contributed by atoms with E-state index in [1.807, 2.05) is 18.2 Å². The van der Waals surface area contributed by atoms with Gasteiger partial charge in [-0.05, 0) is 25.0 Å². The van der Waals surface area contributed by atoms with Gasteiger partial charge in [0, 0.05) is 12.5 Å². The fraction of sp³-hybridized carbons (Fsp3) is 0.333. The van der Waals surface area contributed by atoms with Gasteiger partial charge >= 0.3 is 0 Å². The van der Waals surface area contributed by atoms with Gasteiger partial charge in [0.05, 0.1) is 0 Å². The number of nitrogens with one attached hydrogen (secondary N) is 1. The van der Waals surface area contributed by atoms with E-state index in [2.05, 4.69) is 5.32 Å². The number of carboxylic acids is 1. The van der Waals surface area contributed by atoms with Gasteiger partial charge in [0.1, 0.15) is 5.75 Å². The van der Waals surface area contributed by atoms with E-state index in [0.29, 0.717) is 18.7 Å². The first kappa shape index (κ1) is 13.0. The summed E-state index contributed by atoms with van der Waals surface area (Å²) in [6.45, 7) is 0.236. The van der Waals surface area contributed by atoms with Crippen LogP contribution in [0.15, 0.2) is 30.3 Å². The Morgan fingerprint density at radius 2 is 1.94 bits per heavy atom. The minimum Gasteiger partial charge on any atom is -0.550 e. The van der Waals surface area contributed by atoms with Crippen molar-refractivity contribution in [2.45, 2.75) is 12.8 Å². The van der Waals surface area contributed by atoms with Crippen LogP contribution in [0.5, 0.6) is 5.75 Å². The molecule has 17 heavy (non-hydrogen) atoms. The monoisotopic (exact) mass is 236 g/mol. The zero-order valence-corrected chi connectivity index (χ0v) is 9.35. The van der Waals surface area contributed by atoms with E-state index < -0.39 is 5.97 Å². The third-order valence-corrected chi connectivity index (χ3v) is 1.99. The molecule has 0 heterocycles. The highest BCUT2D eigenvalue weighted by Gasteiger charge is 2.01. The Hall–Kier alpha value is -2.04. The topological polar surface area (TPSA) is 78.5 Å². The molecule has 1 aromatic carbocycles. The summed E-state index contributed by atoms with van der Waals surface area (Å²) in [6.07, 6.45) is 0.305. The molecule has 0 atom stereocenters. The molecule has 0 fully saturated rings. The molecule has 5 heteroatoms. The van der Waals surface area contributed by atoms with E-state index >= 15 is 0 Å². The van der Waals surface area contributed by atoms with Crippen LogP contribution in [-0.4, -0.2) is 25.0 Å². The molecule has 0 spiro atoms. The van der Waals surface area contributed by atoms with Gasteiger partial charge < -0.3 is 20.0 Å². The lowest BCUT2D eigenvalue weighted by molar-refractivity contribution is -0.305. The van der Waals surface area contributed by atoms with E-state index in [0.717, 1.165) is 0 Å². The zero-order chi connectivity index (χ0) is 12.5. The van der Waals surface area contributed by atoms with Crippen LogP contribution >= 0.6 is 0 Å². The molecule has 0 aliphatic heterocycles. The number of carbonyl (C=O) groups excluding carboxylic acids is 2. The average Bonchev–Trinajstić information content (AvgIpc) is 2.33. The van der Waals surface area contributed by atoms with Crippen LogP contribution in [0, 0.1) is 0 Å². The number of rotatable bonds is 7. The molecule has 92 valence electrons. The molecule has 0 radical (unpaired) electrons. The van der Waals surface area contributed by atoms with Gasteiger partial charge in [-0.2, -0.15) is 0 Å². The summed E-state index contributed by atoms with van der Waals surface area (Å²) < 4.78 is 5.21. The number of hydrogen-bond acceptors (Lipinski definition) is 4. The summed E-state index contributed by atoms with van der Waals surface area (Å²) in [5.41, 5.74) is 0. The molecular formula is C12H14NO4-. The Bertz CT molecular complexity index is 364. The number of aliphatic carboxylic acids is 1. The highest BCUT2D eigenvalue weighted by molar-refractivity contribution is 5.77. The first-order valence-corrected chi connectivity index (χ1v) is 5.33. The molecule has 0 unspecified atom stereocenters. The minimum atomic E-state index is -1.11. The van der Waals surface area contributed by atoms with Gasteiger partial charge in [-0.25, -0.2) is 0 Å². The second kappa shape index (κ2) is 7.27. The predicted octanol–water partition coefficient (Wildman–Crippen LogP) is -0.288. The smallest absolute Gasteiger partial charge is 0.257 e. The van der Waals surface area contributed by atoms with Crippen LogP contribution in [0.2, 0.25) is 0 Å². The van der Waals surface area contributed by atoms with Crippen molar-refractivity contribution in [3.05, 3.63) is 30.3 Å². The second-order valence-corrected chi connectivity index (χ2v) is 3.43. The maximum Gasteiger partial charge on any atom is 0.257 e. The summed E-state index contributed by atoms with van der Waals surface area (Å²) in [5.74, 6) is -0.760. The molecule has 1 amide bonds. The van der Waals surface area contributed by atoms with Crippen molar-refractivity contribution >= 4 is 11.9 Å². The van der Waals surface area contributed by atoms with Gasteiger partial charge in [-0.3, -0.25) is 4.79 Å². The summed E-state index contributed by atoms with van der Waals surface area (Å²) in [6, 6.07) is 8.99. The van der Waals surface area contributed by atoms with Crippen LogP contribution < -0.4 is 15.2 Å². The summed E-state index contributed by atoms with van der Waals surface area (Å²) in [5, 5.41) is 12.7. The highest BCUT2D eigenvalue weighted by atomic mass is 16.5. The fourth-order valence-electron chi connectivity index (χ4n) is 1.18. The van der Waals surface area contributed by atoms with Gasteiger partial charge in [0.25, 0.3) is 5.91 Å². The highest BCUT2D eigenvalue weighted by Crippen LogP contribution is 2.07. The SMILES string of the molecule is O=C([O-])CCCNC(=O)COc1ccccc1. The maximum atomic E-state index is 11.3. The minimum absolute atomic E-state index is 0.0557. The molecule has 0 aliphatic carbocycles. The molecule has 0 bridgehead atoms. The van der Waals surface area contributed by atoms with Gasteiger partial charge in [-0.1, -0.05) is 18.2 Å². The van der Waals surface area contributed by atoms with Gasteiger partial charge in [0.2, 0.25) is 0 Å². The van der Waals surface area contributed by atoms with E-state index in [4.69, 9.17) is 4.74 Å². The van der Waals surface area contributed by atoms with E-state index in [-0.39, 0.29) is 18.9 Å². The van der Waals surface area contributed by atoms with Crippen molar-refractivity contribution in [3.8, 4) is 5.75 Å². The summed E-state index contributed by atoms with van der Waals surface area (Å²) in [4.78, 5) is 21.4. The Kier molecular flexibility index (Phi) is 5.57. The summed E-state index contributed by atoms with van der Waals surface area (Å²) >= 11 is 0. The number of amides is 1. The number of benzene rings is 1. The predicted molar refractivity (Wildman–Crippen MR) is 59.2 cm³/mol. The molecule has 1 rings (SSSR count). The third-order valence-electron chi connectivity index (χ3n) is 1.99. The first-order valence-electron chi connectivity index (χ1n) is 5.33. The third kappa shape index (κ3) is 6.19. The molecule has 0 aliphatic rings. The molecule has 0 saturated heterocycles. The van der Waals surface area contributed by atoms with Gasteiger partial charge in [0.15, 0.2) is 6.61 Å². The largest absolute Gasteiger partial charge is 0.550 e. The van der Waals surface area contributed by atoms with Crippen LogP contribution in [0.25, 0.3) is 0 Å². The van der Waals surface area contributed by atoms with Crippen LogP contribution in [0.3, 0.4) is 0 Å². The fourth-order valence-corrected chi connectivity index (χ4v) is 1.18. The number of hydrogen-bond donors (Lipinski definition) is 1. The lowest BCUT2D eigenvalue weighted by atomic mass is 10.3. The van der Waals surface area contributed by atoms with Crippen molar-refractivity contribution in [1.29, 1.82) is 0 Å². The van der Waals surface area contributed by atoms with Crippen molar-refractivity contribution in [2.75, 3.05) is 13.2 Å². The molecule has 5 nitrogen and oxygen atoms in total. The van der Waals surface area contributed by atoms with Crippen molar-refractivity contribution in [1.82, 2.24) is 5.32 Å². The van der Waals surface area contributed by atoms with E-state index in [1.165, 1.54) is 0 Å². The number of carboxylic acid groups (broad SMARTS) is 1.